The second kappa shape index (κ2) is 4.59. The summed E-state index contributed by atoms with van der Waals surface area (Å²) in [5.74, 6) is -3.17. The first-order chi connectivity index (χ1) is 9.12. The monoisotopic (exact) mass is 305 g/mol. The van der Waals surface area contributed by atoms with E-state index < -0.39 is 45.2 Å². The number of hydrogen-bond acceptors (Lipinski definition) is 8. The molecule has 110 valence electrons. The van der Waals surface area contributed by atoms with E-state index in [0.717, 1.165) is 0 Å². The molecule has 11 heteroatoms. The molecule has 2 rings (SSSR count). The van der Waals surface area contributed by atoms with Crippen LogP contribution < -0.4 is 0 Å². The van der Waals surface area contributed by atoms with E-state index in [1.165, 1.54) is 0 Å². The number of imide groups is 1. The number of nitrogens with zero attached hydrogens (tertiary/aromatic N) is 3. The highest BCUT2D eigenvalue weighted by atomic mass is 32.2. The molecule has 1 saturated heterocycles. The summed E-state index contributed by atoms with van der Waals surface area (Å²) in [6, 6.07) is 0. The summed E-state index contributed by atoms with van der Waals surface area (Å²) in [5.41, 5.74) is -0.630. The van der Waals surface area contributed by atoms with Crippen LogP contribution in [0.15, 0.2) is 10.2 Å². The molecule has 0 radical (unpaired) electrons. The first-order valence-corrected chi connectivity index (χ1v) is 7.11. The summed E-state index contributed by atoms with van der Waals surface area (Å²) < 4.78 is 30.5. The standard InChI is InChI=1S/C9H11N3O7S/c1-9(10-11-9)3-2-7(14)19-12-6(13)4-5(8(12)15)20(16,17)18/h5H,2-4H2,1H3,(H,16,17,18). The Kier molecular flexibility index (Phi) is 3.34. The zero-order valence-electron chi connectivity index (χ0n) is 10.3. The van der Waals surface area contributed by atoms with Crippen molar-refractivity contribution in [2.75, 3.05) is 0 Å². The highest BCUT2D eigenvalue weighted by molar-refractivity contribution is 7.87. The maximum atomic E-state index is 11.6. The molecule has 0 aliphatic carbocycles. The lowest BCUT2D eigenvalue weighted by Crippen LogP contribution is -2.36. The summed E-state index contributed by atoms with van der Waals surface area (Å²) in [6.07, 6.45) is -0.645. The van der Waals surface area contributed by atoms with Gasteiger partial charge in [-0.05, 0) is 6.92 Å². The van der Waals surface area contributed by atoms with Crippen molar-refractivity contribution < 1.29 is 32.2 Å². The van der Waals surface area contributed by atoms with E-state index in [4.69, 9.17) is 4.55 Å². The molecule has 0 spiro atoms. The van der Waals surface area contributed by atoms with Crippen LogP contribution in [0, 0.1) is 0 Å². The summed E-state index contributed by atoms with van der Waals surface area (Å²) in [4.78, 5) is 38.9. The Morgan fingerprint density at radius 1 is 1.50 bits per heavy atom. The molecule has 0 aromatic rings. The van der Waals surface area contributed by atoms with Crippen LogP contribution in [0.1, 0.15) is 26.2 Å². The molecule has 1 unspecified atom stereocenters. The normalized spacial score (nSPS) is 24.1. The Morgan fingerprint density at radius 2 is 2.10 bits per heavy atom. The molecule has 2 aliphatic rings. The molecule has 0 aromatic heterocycles. The van der Waals surface area contributed by atoms with Crippen molar-refractivity contribution in [2.45, 2.75) is 37.1 Å². The molecule has 0 bridgehead atoms. The van der Waals surface area contributed by atoms with E-state index in [0.29, 0.717) is 0 Å². The predicted octanol–water partition coefficient (Wildman–Crippen LogP) is -0.578. The fraction of sp³-hybridized carbons (Fsp3) is 0.667. The van der Waals surface area contributed by atoms with Crippen molar-refractivity contribution in [1.29, 1.82) is 0 Å². The number of amides is 2. The number of carbonyl (C=O) groups is 3. The fourth-order valence-corrected chi connectivity index (χ4v) is 2.29. The predicted molar refractivity (Wildman–Crippen MR) is 60.4 cm³/mol. The van der Waals surface area contributed by atoms with Gasteiger partial charge in [0.2, 0.25) is 0 Å². The third-order valence-corrected chi connectivity index (χ3v) is 3.95. The van der Waals surface area contributed by atoms with E-state index in [-0.39, 0.29) is 17.9 Å². The Morgan fingerprint density at radius 3 is 2.55 bits per heavy atom. The van der Waals surface area contributed by atoms with E-state index in [1.54, 1.807) is 6.92 Å². The Labute approximate surface area is 113 Å². The van der Waals surface area contributed by atoms with Crippen molar-refractivity contribution in [3.05, 3.63) is 0 Å². The van der Waals surface area contributed by atoms with Gasteiger partial charge in [-0.3, -0.25) is 14.1 Å². The van der Waals surface area contributed by atoms with Gasteiger partial charge < -0.3 is 4.84 Å². The molecule has 0 saturated carbocycles. The summed E-state index contributed by atoms with van der Waals surface area (Å²) in [7, 11) is -4.71. The van der Waals surface area contributed by atoms with Gasteiger partial charge in [0.15, 0.2) is 10.9 Å². The van der Waals surface area contributed by atoms with Gasteiger partial charge >= 0.3 is 5.97 Å². The number of carbonyl (C=O) groups excluding carboxylic acids is 3. The van der Waals surface area contributed by atoms with E-state index in [1.807, 2.05) is 0 Å². The molecule has 20 heavy (non-hydrogen) atoms. The van der Waals surface area contributed by atoms with Crippen molar-refractivity contribution in [2.24, 2.45) is 10.2 Å². The summed E-state index contributed by atoms with van der Waals surface area (Å²) in [5, 5.41) is 5.49. The quantitative estimate of drug-likeness (QED) is 0.528. The lowest BCUT2D eigenvalue weighted by atomic mass is 10.1. The lowest BCUT2D eigenvalue weighted by Gasteiger charge is -2.13. The molecule has 10 nitrogen and oxygen atoms in total. The van der Waals surface area contributed by atoms with Gasteiger partial charge in [-0.1, -0.05) is 0 Å². The van der Waals surface area contributed by atoms with Crippen LogP contribution in [0.25, 0.3) is 0 Å². The smallest absolute Gasteiger partial charge is 0.330 e. The first kappa shape index (κ1) is 14.5. The van der Waals surface area contributed by atoms with E-state index in [9.17, 15) is 22.8 Å². The van der Waals surface area contributed by atoms with Crippen LogP contribution in [-0.2, 0) is 29.3 Å². The Hall–Kier alpha value is -1.88. The third kappa shape index (κ3) is 2.99. The molecule has 0 aromatic carbocycles. The summed E-state index contributed by atoms with van der Waals surface area (Å²) >= 11 is 0. The van der Waals surface area contributed by atoms with Gasteiger partial charge in [0, 0.05) is 6.42 Å². The van der Waals surface area contributed by atoms with Crippen LogP contribution in [-0.4, -0.2) is 46.7 Å². The fourth-order valence-electron chi connectivity index (χ4n) is 1.58. The molecule has 1 fully saturated rings. The molecule has 1 N–H and O–H groups in total. The van der Waals surface area contributed by atoms with Crippen molar-refractivity contribution in [3.63, 3.8) is 0 Å². The minimum Gasteiger partial charge on any atom is -0.330 e. The molecule has 2 amide bonds. The van der Waals surface area contributed by atoms with Gasteiger partial charge in [-0.15, -0.1) is 5.06 Å². The Bertz CT molecular complexity index is 605. The molecular formula is C9H11N3O7S. The van der Waals surface area contributed by atoms with Gasteiger partial charge in [-0.2, -0.15) is 18.6 Å². The van der Waals surface area contributed by atoms with Gasteiger partial charge in [0.25, 0.3) is 21.9 Å². The first-order valence-electron chi connectivity index (χ1n) is 5.60. The second-order valence-electron chi connectivity index (χ2n) is 4.61. The van der Waals surface area contributed by atoms with Crippen LogP contribution in [0.3, 0.4) is 0 Å². The van der Waals surface area contributed by atoms with E-state index >= 15 is 0 Å². The van der Waals surface area contributed by atoms with Gasteiger partial charge in [-0.25, -0.2) is 4.79 Å². The van der Waals surface area contributed by atoms with Crippen molar-refractivity contribution >= 4 is 27.9 Å². The van der Waals surface area contributed by atoms with Crippen LogP contribution >= 0.6 is 0 Å². The molecule has 2 aliphatic heterocycles. The molecule has 1 atom stereocenters. The largest absolute Gasteiger partial charge is 0.333 e. The zero-order chi connectivity index (χ0) is 15.1. The topological polar surface area (TPSA) is 143 Å². The van der Waals surface area contributed by atoms with E-state index in [2.05, 4.69) is 15.1 Å². The maximum Gasteiger partial charge on any atom is 0.333 e. The minimum atomic E-state index is -4.71. The highest BCUT2D eigenvalue weighted by Gasteiger charge is 2.48. The number of rotatable bonds is 5. The third-order valence-electron chi connectivity index (χ3n) is 2.86. The van der Waals surface area contributed by atoms with Gasteiger partial charge in [0.05, 0.1) is 12.8 Å². The highest BCUT2D eigenvalue weighted by Crippen LogP contribution is 2.32. The number of hydroxylamine groups is 2. The van der Waals surface area contributed by atoms with Crippen LogP contribution in [0.5, 0.6) is 0 Å². The molecular weight excluding hydrogens is 294 g/mol. The summed E-state index contributed by atoms with van der Waals surface area (Å²) in [6.45, 7) is 1.68. The average molecular weight is 305 g/mol. The average Bonchev–Trinajstić information content (AvgIpc) is 2.99. The minimum absolute atomic E-state index is 0.0737. The van der Waals surface area contributed by atoms with Gasteiger partial charge in [0.1, 0.15) is 0 Å². The molecule has 2 heterocycles. The van der Waals surface area contributed by atoms with Crippen molar-refractivity contribution in [3.8, 4) is 0 Å². The van der Waals surface area contributed by atoms with Crippen LogP contribution in [0.2, 0.25) is 0 Å². The number of hydrogen-bond donors (Lipinski definition) is 1. The zero-order valence-corrected chi connectivity index (χ0v) is 11.2. The second-order valence-corrected chi connectivity index (χ2v) is 6.21. The maximum absolute atomic E-state index is 11.6. The van der Waals surface area contributed by atoms with Crippen molar-refractivity contribution in [1.82, 2.24) is 5.06 Å². The lowest BCUT2D eigenvalue weighted by molar-refractivity contribution is -0.197. The van der Waals surface area contributed by atoms with Crippen LogP contribution in [0.4, 0.5) is 0 Å². The Balaban J connectivity index is 1.93. The SMILES string of the molecule is CC1(CCC(=O)ON2C(=O)CC(S(=O)(=O)O)C2=O)N=N1.